The zero-order valence-electron chi connectivity index (χ0n) is 34.3. The molecule has 6 heteroatoms. The minimum absolute atomic E-state index is 0.0319. The average molecular weight is 780 g/mol. The van der Waals surface area contributed by atoms with E-state index in [1.165, 1.54) is 17.2 Å². The molecule has 9 rings (SSSR count). The van der Waals surface area contributed by atoms with Crippen LogP contribution in [0.1, 0.15) is 63.8 Å². The highest BCUT2D eigenvalue weighted by molar-refractivity contribution is 6.11. The molecule has 0 unspecified atom stereocenters. The predicted molar refractivity (Wildman–Crippen MR) is 239 cm³/mol. The van der Waals surface area contributed by atoms with Crippen LogP contribution in [0, 0.1) is 13.5 Å². The quantitative estimate of drug-likeness (QED) is 0.158. The van der Waals surface area contributed by atoms with Crippen LogP contribution in [0.5, 0.6) is 0 Å². The molecule has 0 saturated carbocycles. The smallest absolute Gasteiger partial charge is 0.309 e. The predicted octanol–water partition coefficient (Wildman–Crippen LogP) is 15.7. The van der Waals surface area contributed by atoms with Crippen molar-refractivity contribution in [2.45, 2.75) is 65.5 Å². The fourth-order valence-corrected chi connectivity index (χ4v) is 8.67. The van der Waals surface area contributed by atoms with Crippen LogP contribution in [0.15, 0.2) is 140 Å². The van der Waals surface area contributed by atoms with Gasteiger partial charge in [0.05, 0.1) is 39.9 Å². The molecule has 2 heterocycles. The summed E-state index contributed by atoms with van der Waals surface area (Å²) in [6.07, 6.45) is -4.45. The molecule has 2 aromatic heterocycles. The normalized spacial score (nSPS) is 12.6. The van der Waals surface area contributed by atoms with Crippen molar-refractivity contribution in [2.24, 2.45) is 0 Å². The van der Waals surface area contributed by atoms with Crippen molar-refractivity contribution in [3.05, 3.63) is 173 Å². The molecule has 0 bridgehead atoms. The summed E-state index contributed by atoms with van der Waals surface area (Å²) in [6, 6.07) is 46.2. The minimum Gasteiger partial charge on any atom is -0.309 e. The Labute approximate surface area is 342 Å². The summed E-state index contributed by atoms with van der Waals surface area (Å²) in [5.41, 5.74) is 11.6. The molecular formula is C53H44F3N3. The van der Waals surface area contributed by atoms with E-state index in [-0.39, 0.29) is 10.8 Å². The number of aromatic nitrogens is 2. The van der Waals surface area contributed by atoms with Gasteiger partial charge in [0.25, 0.3) is 0 Å². The first-order chi connectivity index (χ1) is 28.0. The Hall–Kier alpha value is -6.58. The molecule has 0 fully saturated rings. The highest BCUT2D eigenvalue weighted by Crippen LogP contribution is 2.45. The second kappa shape index (κ2) is 13.5. The Balaban J connectivity index is 1.35. The topological polar surface area (TPSA) is 14.2 Å². The van der Waals surface area contributed by atoms with Gasteiger partial charge in [0.1, 0.15) is 0 Å². The van der Waals surface area contributed by atoms with Gasteiger partial charge < -0.3 is 9.13 Å². The number of para-hydroxylation sites is 2. The average Bonchev–Trinajstić information content (AvgIpc) is 3.71. The van der Waals surface area contributed by atoms with Crippen molar-refractivity contribution < 1.29 is 13.2 Å². The third kappa shape index (κ3) is 6.37. The van der Waals surface area contributed by atoms with Gasteiger partial charge in [0.15, 0.2) is 5.69 Å². The first kappa shape index (κ1) is 38.0. The first-order valence-corrected chi connectivity index (χ1v) is 20.0. The molecule has 3 nitrogen and oxygen atoms in total. The third-order valence-corrected chi connectivity index (χ3v) is 11.8. The van der Waals surface area contributed by atoms with Crippen LogP contribution in [0.3, 0.4) is 0 Å². The molecule has 0 amide bonds. The molecule has 0 aliphatic rings. The van der Waals surface area contributed by atoms with Gasteiger partial charge in [-0.25, -0.2) is 4.85 Å². The lowest BCUT2D eigenvalue weighted by atomic mass is 9.86. The second-order valence-electron chi connectivity index (χ2n) is 17.7. The van der Waals surface area contributed by atoms with Crippen molar-refractivity contribution >= 4 is 49.3 Å². The van der Waals surface area contributed by atoms with Crippen LogP contribution >= 0.6 is 0 Å². The summed E-state index contributed by atoms with van der Waals surface area (Å²) in [5, 5.41) is 4.54. The minimum atomic E-state index is -4.45. The summed E-state index contributed by atoms with van der Waals surface area (Å²) in [5.74, 6) is 0. The molecule has 0 atom stereocenters. The number of hydrogen-bond donors (Lipinski definition) is 0. The van der Waals surface area contributed by atoms with Gasteiger partial charge in [0, 0.05) is 27.2 Å². The zero-order chi connectivity index (χ0) is 41.6. The maximum atomic E-state index is 13.8. The molecule has 0 radical (unpaired) electrons. The number of benzene rings is 7. The van der Waals surface area contributed by atoms with Gasteiger partial charge in [-0.05, 0) is 129 Å². The van der Waals surface area contributed by atoms with Crippen LogP contribution in [-0.4, -0.2) is 9.13 Å². The van der Waals surface area contributed by atoms with E-state index in [4.69, 9.17) is 6.57 Å². The lowest BCUT2D eigenvalue weighted by molar-refractivity contribution is -0.137. The van der Waals surface area contributed by atoms with E-state index in [9.17, 15) is 13.2 Å². The highest BCUT2D eigenvalue weighted by atomic mass is 19.4. The Morgan fingerprint density at radius 3 is 1.58 bits per heavy atom. The van der Waals surface area contributed by atoms with E-state index < -0.39 is 11.7 Å². The van der Waals surface area contributed by atoms with Crippen LogP contribution in [-0.2, 0) is 17.0 Å². The SMILES string of the molecule is [C-]#[N+]c1ccc(-n2c3ccccc3c3cc(C(C)(C)C)ccc32)cc1-c1cc(-c2ccc(C(F)(F)F)cc2C)ccc1-n1c2ccccc2c2cc(C(C)(C)C)ccc21. The lowest BCUT2D eigenvalue weighted by Gasteiger charge is -2.21. The number of halogens is 3. The highest BCUT2D eigenvalue weighted by Gasteiger charge is 2.31. The van der Waals surface area contributed by atoms with Gasteiger partial charge in [-0.1, -0.05) is 108 Å². The van der Waals surface area contributed by atoms with Gasteiger partial charge in [0.2, 0.25) is 0 Å². The Morgan fingerprint density at radius 2 is 1.02 bits per heavy atom. The van der Waals surface area contributed by atoms with Crippen LogP contribution < -0.4 is 0 Å². The second-order valence-corrected chi connectivity index (χ2v) is 17.7. The van der Waals surface area contributed by atoms with Crippen molar-refractivity contribution in [3.8, 4) is 33.6 Å². The van der Waals surface area contributed by atoms with E-state index in [1.54, 1.807) is 13.0 Å². The van der Waals surface area contributed by atoms with Gasteiger partial charge >= 0.3 is 6.18 Å². The molecular weight excluding hydrogens is 736 g/mol. The number of alkyl halides is 3. The van der Waals surface area contributed by atoms with Crippen molar-refractivity contribution in [3.63, 3.8) is 0 Å². The fraction of sp³-hybridized carbons (Fsp3) is 0.189. The van der Waals surface area contributed by atoms with Crippen LogP contribution in [0.4, 0.5) is 18.9 Å². The van der Waals surface area contributed by atoms with E-state index in [0.717, 1.165) is 77.7 Å². The van der Waals surface area contributed by atoms with Crippen LogP contribution in [0.25, 0.3) is 82.1 Å². The number of hydrogen-bond acceptors (Lipinski definition) is 0. The lowest BCUT2D eigenvalue weighted by Crippen LogP contribution is -2.10. The maximum absolute atomic E-state index is 13.8. The summed E-state index contributed by atoms with van der Waals surface area (Å²) in [7, 11) is 0. The van der Waals surface area contributed by atoms with E-state index >= 15 is 0 Å². The van der Waals surface area contributed by atoms with Crippen molar-refractivity contribution in [1.82, 2.24) is 9.13 Å². The van der Waals surface area contributed by atoms with E-state index in [1.807, 2.05) is 30.3 Å². The number of nitrogens with zero attached hydrogens (tertiary/aromatic N) is 3. The van der Waals surface area contributed by atoms with Crippen molar-refractivity contribution in [2.75, 3.05) is 0 Å². The maximum Gasteiger partial charge on any atom is 0.416 e. The standard InChI is InChI=1S/C53H44F3N3/c1-32-27-36(53(54,55)56)18-22-38(32)33-17-24-49(59-47-16-12-10-14-40(47)44-30-35(52(5,6)7)20-26-50(44)59)42(28-33)41-31-37(21-23-45(41)57-8)58-46-15-11-9-13-39(46)43-29-34(51(2,3)4)19-25-48(43)58/h9-31H,1-7H3. The third-order valence-electron chi connectivity index (χ3n) is 11.8. The molecule has 0 saturated heterocycles. The van der Waals surface area contributed by atoms with Gasteiger partial charge in [-0.2, -0.15) is 13.2 Å². The fourth-order valence-electron chi connectivity index (χ4n) is 8.67. The molecule has 0 N–H and O–H groups in total. The Bertz CT molecular complexity index is 3190. The molecule has 7 aromatic carbocycles. The molecule has 59 heavy (non-hydrogen) atoms. The summed E-state index contributed by atoms with van der Waals surface area (Å²) in [4.78, 5) is 4.08. The number of rotatable bonds is 4. The van der Waals surface area contributed by atoms with Gasteiger partial charge in [-0.3, -0.25) is 0 Å². The summed E-state index contributed by atoms with van der Waals surface area (Å²) in [6.45, 7) is 23.5. The summed E-state index contributed by atoms with van der Waals surface area (Å²) >= 11 is 0. The van der Waals surface area contributed by atoms with Crippen LogP contribution in [0.2, 0.25) is 0 Å². The molecule has 0 aliphatic heterocycles. The molecule has 0 aliphatic carbocycles. The largest absolute Gasteiger partial charge is 0.416 e. The Morgan fingerprint density at radius 1 is 0.475 bits per heavy atom. The molecule has 0 spiro atoms. The van der Waals surface area contributed by atoms with Crippen molar-refractivity contribution in [1.29, 1.82) is 0 Å². The number of fused-ring (bicyclic) bond motifs is 6. The first-order valence-electron chi connectivity index (χ1n) is 20.0. The zero-order valence-corrected chi connectivity index (χ0v) is 34.3. The molecule has 292 valence electrons. The van der Waals surface area contributed by atoms with E-state index in [0.29, 0.717) is 16.8 Å². The van der Waals surface area contributed by atoms with Gasteiger partial charge in [-0.15, -0.1) is 0 Å². The summed E-state index contributed by atoms with van der Waals surface area (Å²) < 4.78 is 46.0. The Kier molecular flexibility index (Phi) is 8.68. The number of aryl methyl sites for hydroxylation is 1. The molecule has 9 aromatic rings. The monoisotopic (exact) mass is 779 g/mol. The van der Waals surface area contributed by atoms with E-state index in [2.05, 4.69) is 147 Å².